The van der Waals surface area contributed by atoms with E-state index in [1.807, 2.05) is 38.1 Å². The molecule has 0 spiro atoms. The van der Waals surface area contributed by atoms with Crippen LogP contribution in [0.15, 0.2) is 40.8 Å². The minimum Gasteiger partial charge on any atom is -0.462 e. The minimum atomic E-state index is -0.228. The van der Waals surface area contributed by atoms with Crippen molar-refractivity contribution in [1.82, 2.24) is 0 Å². The largest absolute Gasteiger partial charge is 0.462 e. The number of amides is 1. The molecule has 2 aromatic rings. The summed E-state index contributed by atoms with van der Waals surface area (Å²) in [5.41, 5.74) is 1.64. The van der Waals surface area contributed by atoms with Gasteiger partial charge in [0.2, 0.25) is 5.91 Å². The van der Waals surface area contributed by atoms with Gasteiger partial charge < -0.3 is 9.73 Å². The van der Waals surface area contributed by atoms with Gasteiger partial charge in [-0.3, -0.25) is 4.79 Å². The molecular formula is C15H14ClNO2. The first-order valence-electron chi connectivity index (χ1n) is 5.86. The molecule has 0 aliphatic rings. The molecular weight excluding hydrogens is 262 g/mol. The molecule has 0 atom stereocenters. The van der Waals surface area contributed by atoms with Crippen molar-refractivity contribution >= 4 is 29.3 Å². The molecule has 19 heavy (non-hydrogen) atoms. The Morgan fingerprint density at radius 2 is 2.05 bits per heavy atom. The summed E-state index contributed by atoms with van der Waals surface area (Å²) in [4.78, 5) is 11.7. The maximum Gasteiger partial charge on any atom is 0.248 e. The lowest BCUT2D eigenvalue weighted by Gasteiger charge is -2.04. The lowest BCUT2D eigenvalue weighted by Crippen LogP contribution is -2.07. The van der Waals surface area contributed by atoms with E-state index >= 15 is 0 Å². The average Bonchev–Trinajstić information content (AvgIpc) is 2.77. The number of carbonyl (C=O) groups is 1. The first kappa shape index (κ1) is 13.4. The average molecular weight is 276 g/mol. The molecule has 2 rings (SSSR count). The van der Waals surface area contributed by atoms with E-state index in [4.69, 9.17) is 16.0 Å². The third-order valence-electron chi connectivity index (χ3n) is 2.60. The van der Waals surface area contributed by atoms with Gasteiger partial charge in [-0.05, 0) is 49.8 Å². The van der Waals surface area contributed by atoms with Crippen molar-refractivity contribution in [3.05, 3.63) is 58.5 Å². The van der Waals surface area contributed by atoms with E-state index in [9.17, 15) is 4.79 Å². The maximum absolute atomic E-state index is 11.7. The van der Waals surface area contributed by atoms with Gasteiger partial charge >= 0.3 is 0 Å². The zero-order valence-electron chi connectivity index (χ0n) is 10.7. The highest BCUT2D eigenvalue weighted by Gasteiger charge is 2.01. The summed E-state index contributed by atoms with van der Waals surface area (Å²) in [7, 11) is 0. The van der Waals surface area contributed by atoms with E-state index in [1.54, 1.807) is 12.1 Å². The lowest BCUT2D eigenvalue weighted by molar-refractivity contribution is -0.111. The number of halogens is 1. The van der Waals surface area contributed by atoms with Crippen LogP contribution in [0.2, 0.25) is 5.02 Å². The van der Waals surface area contributed by atoms with Crippen molar-refractivity contribution < 1.29 is 9.21 Å². The molecule has 4 heteroatoms. The van der Waals surface area contributed by atoms with Crippen LogP contribution in [-0.2, 0) is 4.79 Å². The van der Waals surface area contributed by atoms with E-state index < -0.39 is 0 Å². The molecule has 98 valence electrons. The Kier molecular flexibility index (Phi) is 4.07. The Balaban J connectivity index is 2.01. The quantitative estimate of drug-likeness (QED) is 0.853. The Hall–Kier alpha value is -2.00. The number of furan rings is 1. The molecule has 0 saturated heterocycles. The third kappa shape index (κ3) is 3.73. The number of rotatable bonds is 3. The van der Waals surface area contributed by atoms with Gasteiger partial charge in [-0.1, -0.05) is 17.7 Å². The van der Waals surface area contributed by atoms with Crippen LogP contribution < -0.4 is 5.32 Å². The van der Waals surface area contributed by atoms with Crippen LogP contribution >= 0.6 is 11.6 Å². The number of nitrogens with one attached hydrogen (secondary N) is 1. The van der Waals surface area contributed by atoms with Gasteiger partial charge in [0.1, 0.15) is 11.5 Å². The lowest BCUT2D eigenvalue weighted by atomic mass is 10.2. The molecule has 0 bridgehead atoms. The first-order valence-corrected chi connectivity index (χ1v) is 6.24. The van der Waals surface area contributed by atoms with Crippen LogP contribution in [0, 0.1) is 13.8 Å². The van der Waals surface area contributed by atoms with E-state index in [0.29, 0.717) is 16.5 Å². The SMILES string of the molecule is Cc1ccc(/C=C/C(=O)Nc2ccc(C)c(Cl)c2)o1. The molecule has 1 heterocycles. The van der Waals surface area contributed by atoms with Crippen molar-refractivity contribution in [2.45, 2.75) is 13.8 Å². The number of carbonyl (C=O) groups excluding carboxylic acids is 1. The highest BCUT2D eigenvalue weighted by Crippen LogP contribution is 2.20. The fourth-order valence-corrected chi connectivity index (χ4v) is 1.74. The van der Waals surface area contributed by atoms with Crippen molar-refractivity contribution in [2.75, 3.05) is 5.32 Å². The molecule has 0 unspecified atom stereocenters. The number of aryl methyl sites for hydroxylation is 2. The van der Waals surface area contributed by atoms with E-state index in [0.717, 1.165) is 11.3 Å². The van der Waals surface area contributed by atoms with Crippen LogP contribution in [0.4, 0.5) is 5.69 Å². The Morgan fingerprint density at radius 3 is 2.68 bits per heavy atom. The normalized spacial score (nSPS) is 10.9. The molecule has 1 aromatic carbocycles. The van der Waals surface area contributed by atoms with Gasteiger partial charge in [-0.25, -0.2) is 0 Å². The Morgan fingerprint density at radius 1 is 1.26 bits per heavy atom. The zero-order chi connectivity index (χ0) is 13.8. The summed E-state index contributed by atoms with van der Waals surface area (Å²) >= 11 is 5.99. The number of benzene rings is 1. The van der Waals surface area contributed by atoms with Gasteiger partial charge in [0.05, 0.1) is 0 Å². The number of anilines is 1. The Bertz CT molecular complexity index is 629. The molecule has 3 nitrogen and oxygen atoms in total. The van der Waals surface area contributed by atoms with E-state index in [1.165, 1.54) is 6.08 Å². The number of hydrogen-bond donors (Lipinski definition) is 1. The summed E-state index contributed by atoms with van der Waals surface area (Å²) in [6.45, 7) is 3.76. The van der Waals surface area contributed by atoms with Crippen molar-refractivity contribution in [2.24, 2.45) is 0 Å². The summed E-state index contributed by atoms with van der Waals surface area (Å²) in [5.74, 6) is 1.23. The van der Waals surface area contributed by atoms with Gasteiger partial charge in [0, 0.05) is 16.8 Å². The predicted octanol–water partition coefficient (Wildman–Crippen LogP) is 4.20. The first-order chi connectivity index (χ1) is 9.04. The van der Waals surface area contributed by atoms with Gasteiger partial charge in [0.15, 0.2) is 0 Å². The van der Waals surface area contributed by atoms with Crippen LogP contribution in [0.3, 0.4) is 0 Å². The highest BCUT2D eigenvalue weighted by atomic mass is 35.5. The van der Waals surface area contributed by atoms with Gasteiger partial charge in [-0.15, -0.1) is 0 Å². The van der Waals surface area contributed by atoms with Gasteiger partial charge in [-0.2, -0.15) is 0 Å². The fraction of sp³-hybridized carbons (Fsp3) is 0.133. The van der Waals surface area contributed by atoms with Crippen LogP contribution in [0.25, 0.3) is 6.08 Å². The molecule has 1 N–H and O–H groups in total. The third-order valence-corrected chi connectivity index (χ3v) is 3.01. The van der Waals surface area contributed by atoms with Crippen LogP contribution in [0.1, 0.15) is 17.1 Å². The summed E-state index contributed by atoms with van der Waals surface area (Å²) in [6, 6.07) is 9.04. The molecule has 0 radical (unpaired) electrons. The van der Waals surface area contributed by atoms with Crippen molar-refractivity contribution in [1.29, 1.82) is 0 Å². The van der Waals surface area contributed by atoms with Crippen LogP contribution in [0.5, 0.6) is 0 Å². The van der Waals surface area contributed by atoms with E-state index in [2.05, 4.69) is 5.32 Å². The van der Waals surface area contributed by atoms with Gasteiger partial charge in [0.25, 0.3) is 0 Å². The fourth-order valence-electron chi connectivity index (χ4n) is 1.56. The second-order valence-electron chi connectivity index (χ2n) is 4.23. The Labute approximate surface area is 116 Å². The zero-order valence-corrected chi connectivity index (χ0v) is 11.5. The topological polar surface area (TPSA) is 42.2 Å². The number of hydrogen-bond acceptors (Lipinski definition) is 2. The monoisotopic (exact) mass is 275 g/mol. The molecule has 1 aromatic heterocycles. The summed E-state index contributed by atoms with van der Waals surface area (Å²) < 4.78 is 5.33. The minimum absolute atomic E-state index is 0.228. The van der Waals surface area contributed by atoms with Crippen molar-refractivity contribution in [3.63, 3.8) is 0 Å². The second kappa shape index (κ2) is 5.76. The molecule has 0 saturated carbocycles. The summed E-state index contributed by atoms with van der Waals surface area (Å²) in [6.07, 6.45) is 3.05. The maximum atomic E-state index is 11.7. The standard InChI is InChI=1S/C15H14ClNO2/c1-10-3-5-12(9-14(10)16)17-15(18)8-7-13-6-4-11(2)19-13/h3-9H,1-2H3,(H,17,18)/b8-7+. The second-order valence-corrected chi connectivity index (χ2v) is 4.64. The smallest absolute Gasteiger partial charge is 0.248 e. The molecule has 0 aliphatic carbocycles. The predicted molar refractivity (Wildman–Crippen MR) is 77.3 cm³/mol. The molecule has 0 fully saturated rings. The molecule has 1 amide bonds. The molecule has 0 aliphatic heterocycles. The summed E-state index contributed by atoms with van der Waals surface area (Å²) in [5, 5.41) is 3.36. The van der Waals surface area contributed by atoms with Crippen LogP contribution in [-0.4, -0.2) is 5.91 Å². The van der Waals surface area contributed by atoms with Crippen molar-refractivity contribution in [3.8, 4) is 0 Å². The highest BCUT2D eigenvalue weighted by molar-refractivity contribution is 6.31. The van der Waals surface area contributed by atoms with E-state index in [-0.39, 0.29) is 5.91 Å².